The number of β-lactam (4-membered cyclic amide) rings is 1. The number of hydrogen-bond donors (Lipinski definition) is 2. The molecule has 0 aromatic heterocycles. The van der Waals surface area contributed by atoms with Gasteiger partial charge in [0.1, 0.15) is 22.7 Å². The third kappa shape index (κ3) is 4.23. The summed E-state index contributed by atoms with van der Waals surface area (Å²) in [5.74, 6) is -1.61. The van der Waals surface area contributed by atoms with Crippen LogP contribution in [-0.2, 0) is 19.1 Å². The molecule has 0 aliphatic carbocycles. The van der Waals surface area contributed by atoms with Gasteiger partial charge in [-0.25, -0.2) is 9.59 Å². The molecule has 0 bridgehead atoms. The average molecular weight is 436 g/mol. The van der Waals surface area contributed by atoms with Gasteiger partial charge in [0.25, 0.3) is 5.91 Å². The van der Waals surface area contributed by atoms with E-state index in [1.54, 1.807) is 37.8 Å². The maximum Gasteiger partial charge on any atom is 0.408 e. The van der Waals surface area contributed by atoms with Gasteiger partial charge in [-0.15, -0.1) is 18.3 Å². The van der Waals surface area contributed by atoms with Crippen molar-refractivity contribution in [3.05, 3.63) is 35.6 Å². The lowest BCUT2D eigenvalue weighted by molar-refractivity contribution is -0.149. The Bertz CT molecular complexity index is 872. The summed E-state index contributed by atoms with van der Waals surface area (Å²) >= 11 is 1.34. The maximum absolute atomic E-state index is 12.6. The first-order valence-corrected chi connectivity index (χ1v) is 10.6. The van der Waals surface area contributed by atoms with Gasteiger partial charge in [0.15, 0.2) is 0 Å². The fraction of sp³-hybridized carbons (Fsp3) is 0.500. The largest absolute Gasteiger partial charge is 0.477 e. The van der Waals surface area contributed by atoms with Crippen LogP contribution in [0.15, 0.2) is 35.6 Å². The molecule has 0 spiro atoms. The van der Waals surface area contributed by atoms with E-state index in [2.05, 4.69) is 11.9 Å². The molecule has 3 rings (SSSR count). The van der Waals surface area contributed by atoms with E-state index in [4.69, 9.17) is 4.74 Å². The number of nitrogens with one attached hydrogen (secondary N) is 1. The summed E-state index contributed by atoms with van der Waals surface area (Å²) in [5, 5.41) is 11.7. The summed E-state index contributed by atoms with van der Waals surface area (Å²) in [6.45, 7) is 9.74. The fourth-order valence-electron chi connectivity index (χ4n) is 3.53. The third-order valence-electron chi connectivity index (χ3n) is 4.78. The van der Waals surface area contributed by atoms with Crippen LogP contribution < -0.4 is 5.32 Å². The first-order chi connectivity index (χ1) is 14.0. The van der Waals surface area contributed by atoms with Crippen LogP contribution in [0.4, 0.5) is 4.79 Å². The monoisotopic (exact) mass is 435 g/mol. The van der Waals surface area contributed by atoms with Crippen LogP contribution in [0.25, 0.3) is 0 Å². The molecule has 3 aliphatic rings. The summed E-state index contributed by atoms with van der Waals surface area (Å²) in [5.41, 5.74) is 0.0702. The van der Waals surface area contributed by atoms with Gasteiger partial charge in [-0.2, -0.15) is 0 Å². The van der Waals surface area contributed by atoms with Crippen LogP contribution in [-0.4, -0.2) is 74.6 Å². The number of nitrogens with zero attached hydrogens (tertiary/aromatic N) is 2. The number of carboxylic acids is 1. The number of allylic oxidation sites excluding steroid dienone is 1. The topological polar surface area (TPSA) is 116 Å². The number of carboxylic acid groups (broad SMARTS) is 1. The van der Waals surface area contributed by atoms with Gasteiger partial charge in [0, 0.05) is 24.4 Å². The van der Waals surface area contributed by atoms with E-state index in [0.29, 0.717) is 36.4 Å². The first kappa shape index (κ1) is 21.9. The number of hydrogen-bond acceptors (Lipinski definition) is 6. The SMILES string of the molecule is C=CCN1CC/C(=C\C2=C(C(=O)O)N3C(=O)[C@@H](NC(=O)OC(C)(C)C)[C@H]3SC2)C1=O. The van der Waals surface area contributed by atoms with E-state index in [1.165, 1.54) is 16.7 Å². The van der Waals surface area contributed by atoms with Crippen LogP contribution >= 0.6 is 11.8 Å². The molecule has 3 heterocycles. The smallest absolute Gasteiger partial charge is 0.408 e. The second kappa shape index (κ2) is 8.17. The molecule has 0 saturated carbocycles. The van der Waals surface area contributed by atoms with Gasteiger partial charge < -0.3 is 20.1 Å². The Morgan fingerprint density at radius 3 is 2.67 bits per heavy atom. The molecular formula is C20H25N3O6S. The Morgan fingerprint density at radius 1 is 1.37 bits per heavy atom. The fourth-order valence-corrected chi connectivity index (χ4v) is 4.84. The quantitative estimate of drug-likeness (QED) is 0.382. The Labute approximate surface area is 178 Å². The molecule has 2 fully saturated rings. The third-order valence-corrected chi connectivity index (χ3v) is 6.09. The number of alkyl carbamates (subject to hydrolysis) is 1. The summed E-state index contributed by atoms with van der Waals surface area (Å²) < 4.78 is 5.18. The van der Waals surface area contributed by atoms with Crippen molar-refractivity contribution >= 4 is 35.6 Å². The normalized spacial score (nSPS) is 25.2. The lowest BCUT2D eigenvalue weighted by Gasteiger charge is -2.49. The zero-order valence-corrected chi connectivity index (χ0v) is 18.0. The number of thioether (sulfide) groups is 1. The van der Waals surface area contributed by atoms with E-state index in [9.17, 15) is 24.3 Å². The van der Waals surface area contributed by atoms with Crippen molar-refractivity contribution < 1.29 is 29.0 Å². The summed E-state index contributed by atoms with van der Waals surface area (Å²) in [6, 6.07) is -0.857. The van der Waals surface area contributed by atoms with E-state index in [0.717, 1.165) is 0 Å². The number of ether oxygens (including phenoxy) is 1. The maximum atomic E-state index is 12.6. The second-order valence-electron chi connectivity index (χ2n) is 8.17. The number of rotatable bonds is 5. The van der Waals surface area contributed by atoms with Crippen molar-refractivity contribution in [3.8, 4) is 0 Å². The van der Waals surface area contributed by atoms with E-state index >= 15 is 0 Å². The number of carbonyl (C=O) groups is 4. The minimum absolute atomic E-state index is 0.145. The van der Waals surface area contributed by atoms with Crippen molar-refractivity contribution in [1.82, 2.24) is 15.1 Å². The number of amides is 3. The summed E-state index contributed by atoms with van der Waals surface area (Å²) in [6.07, 6.45) is 3.00. The van der Waals surface area contributed by atoms with E-state index in [1.807, 2.05) is 0 Å². The highest BCUT2D eigenvalue weighted by Gasteiger charge is 2.54. The Balaban J connectivity index is 1.80. The van der Waals surface area contributed by atoms with Crippen LogP contribution in [0.2, 0.25) is 0 Å². The predicted octanol–water partition coefficient (Wildman–Crippen LogP) is 1.48. The highest BCUT2D eigenvalue weighted by Crippen LogP contribution is 2.41. The van der Waals surface area contributed by atoms with Crippen LogP contribution in [0.3, 0.4) is 0 Å². The highest BCUT2D eigenvalue weighted by molar-refractivity contribution is 8.00. The van der Waals surface area contributed by atoms with Crippen LogP contribution in [0, 0.1) is 0 Å². The van der Waals surface area contributed by atoms with Crippen LogP contribution in [0.1, 0.15) is 27.2 Å². The molecule has 30 heavy (non-hydrogen) atoms. The molecule has 3 aliphatic heterocycles. The van der Waals surface area contributed by atoms with Crippen molar-refractivity contribution in [2.24, 2.45) is 0 Å². The minimum atomic E-state index is -1.25. The molecule has 0 aromatic rings. The minimum Gasteiger partial charge on any atom is -0.477 e. The number of aliphatic carboxylic acids is 1. The molecule has 0 radical (unpaired) electrons. The van der Waals surface area contributed by atoms with E-state index < -0.39 is 35.0 Å². The molecule has 3 amide bonds. The standard InChI is InChI=1S/C20H25N3O6S/c1-5-7-22-8-6-11(15(22)24)9-12-10-30-17-13(21-19(28)29-20(2,3)4)16(25)23(17)14(12)18(26)27/h5,9,13,17H,1,6-8,10H2,2-4H3,(H,21,28)(H,26,27)/b11-9+/t13-,17-/m1/s1. The van der Waals surface area contributed by atoms with Crippen molar-refractivity contribution in [2.75, 3.05) is 18.8 Å². The molecule has 9 nitrogen and oxygen atoms in total. The van der Waals surface area contributed by atoms with Crippen LogP contribution in [0.5, 0.6) is 0 Å². The molecule has 0 unspecified atom stereocenters. The van der Waals surface area contributed by atoms with Crippen molar-refractivity contribution in [3.63, 3.8) is 0 Å². The van der Waals surface area contributed by atoms with Gasteiger partial charge in [-0.1, -0.05) is 6.08 Å². The molecular weight excluding hydrogens is 410 g/mol. The highest BCUT2D eigenvalue weighted by atomic mass is 32.2. The van der Waals surface area contributed by atoms with Crippen molar-refractivity contribution in [1.29, 1.82) is 0 Å². The number of fused-ring (bicyclic) bond motifs is 1. The summed E-state index contributed by atoms with van der Waals surface area (Å²) in [7, 11) is 0. The Hall–Kier alpha value is -2.75. The summed E-state index contributed by atoms with van der Waals surface area (Å²) in [4.78, 5) is 51.8. The molecule has 10 heteroatoms. The first-order valence-electron chi connectivity index (χ1n) is 9.55. The van der Waals surface area contributed by atoms with Crippen molar-refractivity contribution in [2.45, 2.75) is 44.2 Å². The Kier molecular flexibility index (Phi) is 5.98. The molecule has 2 N–H and O–H groups in total. The van der Waals surface area contributed by atoms with Gasteiger partial charge in [-0.3, -0.25) is 14.5 Å². The zero-order chi connectivity index (χ0) is 22.2. The van der Waals surface area contributed by atoms with Gasteiger partial charge in [0.2, 0.25) is 5.91 Å². The number of likely N-dealkylation sites (tertiary alicyclic amines) is 1. The lowest BCUT2D eigenvalue weighted by Crippen LogP contribution is -2.70. The molecule has 0 aromatic carbocycles. The van der Waals surface area contributed by atoms with Gasteiger partial charge in [-0.05, 0) is 38.8 Å². The molecule has 2 saturated heterocycles. The lowest BCUT2D eigenvalue weighted by atomic mass is 10.0. The zero-order valence-electron chi connectivity index (χ0n) is 17.1. The average Bonchev–Trinajstić information content (AvgIpc) is 2.98. The van der Waals surface area contributed by atoms with Gasteiger partial charge in [0.05, 0.1) is 0 Å². The second-order valence-corrected chi connectivity index (χ2v) is 9.28. The molecule has 2 atom stereocenters. The molecule has 162 valence electrons. The van der Waals surface area contributed by atoms with E-state index in [-0.39, 0.29) is 11.6 Å². The predicted molar refractivity (Wildman–Crippen MR) is 110 cm³/mol. The van der Waals surface area contributed by atoms with Gasteiger partial charge >= 0.3 is 12.1 Å². The Morgan fingerprint density at radius 2 is 2.07 bits per heavy atom. The number of carbonyl (C=O) groups excluding carboxylic acids is 3.